The van der Waals surface area contributed by atoms with Crippen molar-refractivity contribution in [1.82, 2.24) is 5.32 Å². The molecule has 0 heterocycles. The first-order valence-corrected chi connectivity index (χ1v) is 10.4. The van der Waals surface area contributed by atoms with E-state index in [1.54, 1.807) is 20.8 Å². The number of carbonyl (C=O) groups is 4. The molecule has 0 fully saturated rings. The lowest BCUT2D eigenvalue weighted by molar-refractivity contribution is -0.142. The summed E-state index contributed by atoms with van der Waals surface area (Å²) >= 11 is 0. The van der Waals surface area contributed by atoms with Crippen molar-refractivity contribution in [2.45, 2.75) is 51.2 Å². The highest BCUT2D eigenvalue weighted by atomic mass is 16.6. The Kier molecular flexibility index (Phi) is 15.0. The number of amides is 1. The summed E-state index contributed by atoms with van der Waals surface area (Å²) in [5.41, 5.74) is -2.01. The fourth-order valence-electron chi connectivity index (χ4n) is 2.33. The van der Waals surface area contributed by atoms with E-state index in [9.17, 15) is 19.2 Å². The second-order valence-corrected chi connectivity index (χ2v) is 8.04. The van der Waals surface area contributed by atoms with Crippen molar-refractivity contribution in [3.63, 3.8) is 0 Å². The second kappa shape index (κ2) is 16.2. The second-order valence-electron chi connectivity index (χ2n) is 8.04. The van der Waals surface area contributed by atoms with Gasteiger partial charge < -0.3 is 38.5 Å². The molecule has 0 saturated heterocycles. The molecular formula is C21H37NO11. The minimum atomic E-state index is -1.25. The van der Waals surface area contributed by atoms with Gasteiger partial charge in [0.15, 0.2) is 0 Å². The fraction of sp³-hybridized carbons (Fsp3) is 0.810. The first-order valence-electron chi connectivity index (χ1n) is 10.4. The van der Waals surface area contributed by atoms with Gasteiger partial charge in [0.2, 0.25) is 0 Å². The summed E-state index contributed by atoms with van der Waals surface area (Å²) in [4.78, 5) is 46.6. The molecule has 33 heavy (non-hydrogen) atoms. The summed E-state index contributed by atoms with van der Waals surface area (Å²) in [5.74, 6) is -1.36. The van der Waals surface area contributed by atoms with Crippen LogP contribution in [0.1, 0.15) is 40.0 Å². The lowest BCUT2D eigenvalue weighted by Crippen LogP contribution is -2.59. The molecule has 192 valence electrons. The topological polar surface area (TPSA) is 145 Å². The molecule has 0 aliphatic heterocycles. The van der Waals surface area contributed by atoms with Gasteiger partial charge in [-0.3, -0.25) is 14.4 Å². The summed E-state index contributed by atoms with van der Waals surface area (Å²) < 4.78 is 35.8. The molecule has 0 rings (SSSR count). The minimum Gasteiger partial charge on any atom is -0.469 e. The van der Waals surface area contributed by atoms with Crippen LogP contribution in [0.3, 0.4) is 0 Å². The smallest absolute Gasteiger partial charge is 0.408 e. The van der Waals surface area contributed by atoms with Gasteiger partial charge >= 0.3 is 24.0 Å². The van der Waals surface area contributed by atoms with Gasteiger partial charge in [0.1, 0.15) is 11.1 Å². The number of nitrogens with one attached hydrogen (secondary N) is 1. The number of alkyl carbamates (subject to hydrolysis) is 1. The number of carbonyl (C=O) groups excluding carboxylic acids is 4. The quantitative estimate of drug-likeness (QED) is 0.192. The normalized spacial score (nSPS) is 11.5. The van der Waals surface area contributed by atoms with E-state index in [-0.39, 0.29) is 58.9 Å². The zero-order chi connectivity index (χ0) is 25.3. The number of hydrogen-bond acceptors (Lipinski definition) is 11. The molecule has 0 bridgehead atoms. The summed E-state index contributed by atoms with van der Waals surface area (Å²) in [6.07, 6.45) is -0.727. The highest BCUT2D eigenvalue weighted by molar-refractivity contribution is 5.70. The van der Waals surface area contributed by atoms with Gasteiger partial charge in [-0.15, -0.1) is 0 Å². The Bertz CT molecular complexity index is 556. The van der Waals surface area contributed by atoms with Crippen LogP contribution in [-0.4, -0.2) is 96.1 Å². The largest absolute Gasteiger partial charge is 0.469 e. The van der Waals surface area contributed by atoms with Crippen molar-refractivity contribution in [3.05, 3.63) is 0 Å². The van der Waals surface area contributed by atoms with Crippen molar-refractivity contribution < 1.29 is 52.3 Å². The molecule has 0 aromatic rings. The van der Waals surface area contributed by atoms with Gasteiger partial charge in [-0.25, -0.2) is 4.79 Å². The minimum absolute atomic E-state index is 0.00537. The van der Waals surface area contributed by atoms with E-state index in [4.69, 9.17) is 18.9 Å². The maximum absolute atomic E-state index is 12.5. The Labute approximate surface area is 194 Å². The average molecular weight is 480 g/mol. The van der Waals surface area contributed by atoms with E-state index in [0.717, 1.165) is 0 Å². The predicted molar refractivity (Wildman–Crippen MR) is 114 cm³/mol. The average Bonchev–Trinajstić information content (AvgIpc) is 2.75. The zero-order valence-corrected chi connectivity index (χ0v) is 20.4. The highest BCUT2D eigenvalue weighted by Crippen LogP contribution is 2.14. The molecule has 0 atom stereocenters. The summed E-state index contributed by atoms with van der Waals surface area (Å²) in [5, 5.41) is 2.71. The molecule has 0 spiro atoms. The van der Waals surface area contributed by atoms with Crippen LogP contribution in [0.4, 0.5) is 4.79 Å². The van der Waals surface area contributed by atoms with Gasteiger partial charge in [-0.05, 0) is 20.8 Å². The maximum atomic E-state index is 12.5. The van der Waals surface area contributed by atoms with Crippen LogP contribution in [0.25, 0.3) is 0 Å². The Morgan fingerprint density at radius 2 is 0.970 bits per heavy atom. The lowest BCUT2D eigenvalue weighted by Gasteiger charge is -2.34. The van der Waals surface area contributed by atoms with Crippen molar-refractivity contribution in [1.29, 1.82) is 0 Å². The van der Waals surface area contributed by atoms with E-state index in [1.807, 2.05) is 0 Å². The summed E-state index contributed by atoms with van der Waals surface area (Å²) in [7, 11) is 3.79. The number of esters is 3. The molecular weight excluding hydrogens is 442 g/mol. The van der Waals surface area contributed by atoms with Crippen LogP contribution < -0.4 is 5.32 Å². The van der Waals surface area contributed by atoms with Crippen LogP contribution >= 0.6 is 0 Å². The van der Waals surface area contributed by atoms with Gasteiger partial charge in [0.25, 0.3) is 0 Å². The molecule has 0 unspecified atom stereocenters. The monoisotopic (exact) mass is 479 g/mol. The molecule has 12 nitrogen and oxygen atoms in total. The number of ether oxygens (including phenoxy) is 7. The molecule has 0 aliphatic carbocycles. The first-order chi connectivity index (χ1) is 15.5. The molecule has 0 aliphatic rings. The van der Waals surface area contributed by atoms with Crippen molar-refractivity contribution in [2.24, 2.45) is 0 Å². The highest BCUT2D eigenvalue weighted by Gasteiger charge is 2.35. The van der Waals surface area contributed by atoms with Gasteiger partial charge in [-0.1, -0.05) is 0 Å². The SMILES string of the molecule is COC(=O)CCOCC(COCCC(=O)OC)(COCCC(=O)OC)NC(=O)OC(C)(C)C. The van der Waals surface area contributed by atoms with Crippen LogP contribution in [0, 0.1) is 0 Å². The van der Waals surface area contributed by atoms with E-state index in [0.29, 0.717) is 0 Å². The van der Waals surface area contributed by atoms with Crippen LogP contribution in [-0.2, 0) is 47.5 Å². The van der Waals surface area contributed by atoms with E-state index in [2.05, 4.69) is 19.5 Å². The zero-order valence-electron chi connectivity index (χ0n) is 20.4. The third-order valence-electron chi connectivity index (χ3n) is 3.94. The number of hydrogen-bond donors (Lipinski definition) is 1. The van der Waals surface area contributed by atoms with Gasteiger partial charge in [0.05, 0.1) is 80.2 Å². The lowest BCUT2D eigenvalue weighted by atomic mass is 10.0. The molecule has 1 N–H and O–H groups in total. The maximum Gasteiger partial charge on any atom is 0.408 e. The van der Waals surface area contributed by atoms with E-state index in [1.165, 1.54) is 21.3 Å². The Morgan fingerprint density at radius 1 is 0.636 bits per heavy atom. The number of methoxy groups -OCH3 is 3. The fourth-order valence-corrected chi connectivity index (χ4v) is 2.33. The summed E-state index contributed by atoms with van der Waals surface area (Å²) in [6.45, 7) is 4.86. The van der Waals surface area contributed by atoms with Gasteiger partial charge in [0, 0.05) is 0 Å². The third kappa shape index (κ3) is 15.9. The number of rotatable bonds is 16. The Balaban J connectivity index is 5.33. The molecule has 0 aromatic heterocycles. The predicted octanol–water partition coefficient (Wildman–Crippen LogP) is 0.989. The summed E-state index contributed by atoms with van der Waals surface area (Å²) in [6, 6.07) is 0. The van der Waals surface area contributed by atoms with E-state index >= 15 is 0 Å². The molecule has 1 amide bonds. The van der Waals surface area contributed by atoms with Crippen molar-refractivity contribution >= 4 is 24.0 Å². The first kappa shape index (κ1) is 30.6. The Hall–Kier alpha value is -2.44. The molecule has 0 aromatic carbocycles. The standard InChI is InChI=1S/C21H37NO11/c1-20(2,3)33-19(26)22-21(13-30-10-7-16(23)27-4,14-31-11-8-17(24)28-5)15-32-12-9-18(25)29-6/h7-15H2,1-6H3,(H,22,26). The van der Waals surface area contributed by atoms with Crippen LogP contribution in [0.15, 0.2) is 0 Å². The van der Waals surface area contributed by atoms with E-state index < -0.39 is 35.1 Å². The van der Waals surface area contributed by atoms with Gasteiger partial charge in [-0.2, -0.15) is 0 Å². The van der Waals surface area contributed by atoms with Crippen molar-refractivity contribution in [3.8, 4) is 0 Å². The Morgan fingerprint density at radius 3 is 1.24 bits per heavy atom. The van der Waals surface area contributed by atoms with Crippen molar-refractivity contribution in [2.75, 3.05) is 61.0 Å². The van der Waals surface area contributed by atoms with Crippen LogP contribution in [0.2, 0.25) is 0 Å². The molecule has 12 heteroatoms. The molecule has 0 radical (unpaired) electrons. The van der Waals surface area contributed by atoms with Crippen LogP contribution in [0.5, 0.6) is 0 Å². The molecule has 0 saturated carbocycles. The third-order valence-corrected chi connectivity index (χ3v) is 3.94.